The van der Waals surface area contributed by atoms with Crippen LogP contribution >= 0.6 is 0 Å². The average molecular weight is 234 g/mol. The lowest BCUT2D eigenvalue weighted by molar-refractivity contribution is -0.0115. The summed E-state index contributed by atoms with van der Waals surface area (Å²) in [4.78, 5) is 0. The van der Waals surface area contributed by atoms with Crippen LogP contribution in [0.1, 0.15) is 30.9 Å². The third kappa shape index (κ3) is 2.86. The van der Waals surface area contributed by atoms with Gasteiger partial charge in [-0.2, -0.15) is 0 Å². The van der Waals surface area contributed by atoms with Gasteiger partial charge in [0.25, 0.3) is 0 Å². The fraction of sp³-hybridized carbons (Fsp3) is 0.571. The number of hydrazine groups is 1. The molecular weight excluding hydrogens is 212 g/mol. The van der Waals surface area contributed by atoms with E-state index >= 15 is 0 Å². The first kappa shape index (κ1) is 12.6. The lowest BCUT2D eigenvalue weighted by Crippen LogP contribution is -2.52. The van der Waals surface area contributed by atoms with Crippen molar-refractivity contribution < 1.29 is 4.74 Å². The van der Waals surface area contributed by atoms with Gasteiger partial charge in [0.1, 0.15) is 0 Å². The third-order valence-corrected chi connectivity index (χ3v) is 3.75. The van der Waals surface area contributed by atoms with E-state index in [-0.39, 0.29) is 11.6 Å². The third-order valence-electron chi connectivity index (χ3n) is 3.75. The van der Waals surface area contributed by atoms with Crippen LogP contribution in [-0.4, -0.2) is 18.2 Å². The van der Waals surface area contributed by atoms with E-state index in [9.17, 15) is 0 Å². The number of nitrogens with one attached hydrogen (secondary N) is 1. The predicted molar refractivity (Wildman–Crippen MR) is 69.6 cm³/mol. The van der Waals surface area contributed by atoms with Crippen molar-refractivity contribution in [3.63, 3.8) is 0 Å². The van der Waals surface area contributed by atoms with E-state index in [1.165, 1.54) is 11.1 Å². The van der Waals surface area contributed by atoms with Crippen molar-refractivity contribution in [3.05, 3.63) is 35.4 Å². The lowest BCUT2D eigenvalue weighted by atomic mass is 9.88. The second-order valence-electron chi connectivity index (χ2n) is 5.17. The van der Waals surface area contributed by atoms with E-state index in [0.29, 0.717) is 0 Å². The molecule has 3 N–H and O–H groups in total. The van der Waals surface area contributed by atoms with Gasteiger partial charge in [0, 0.05) is 6.61 Å². The van der Waals surface area contributed by atoms with Crippen LogP contribution in [0, 0.1) is 6.92 Å². The monoisotopic (exact) mass is 234 g/mol. The highest BCUT2D eigenvalue weighted by atomic mass is 16.5. The molecule has 3 heteroatoms. The Bertz CT molecular complexity index is 355. The molecule has 94 valence electrons. The first-order chi connectivity index (χ1) is 8.14. The molecule has 1 fully saturated rings. The van der Waals surface area contributed by atoms with Gasteiger partial charge in [0.15, 0.2) is 0 Å². The van der Waals surface area contributed by atoms with Crippen LogP contribution < -0.4 is 11.3 Å². The van der Waals surface area contributed by atoms with E-state index in [1.807, 2.05) is 0 Å². The van der Waals surface area contributed by atoms with Crippen LogP contribution in [0.5, 0.6) is 0 Å². The molecule has 2 rings (SSSR count). The quantitative estimate of drug-likeness (QED) is 0.618. The Hall–Kier alpha value is -0.900. The Morgan fingerprint density at radius 3 is 2.65 bits per heavy atom. The fourth-order valence-corrected chi connectivity index (χ4v) is 2.49. The summed E-state index contributed by atoms with van der Waals surface area (Å²) in [6, 6.07) is 8.78. The first-order valence-electron chi connectivity index (χ1n) is 6.30. The first-order valence-corrected chi connectivity index (χ1v) is 6.30. The van der Waals surface area contributed by atoms with Gasteiger partial charge in [-0.3, -0.25) is 11.3 Å². The molecule has 0 aliphatic carbocycles. The summed E-state index contributed by atoms with van der Waals surface area (Å²) in [5.41, 5.74) is 5.38. The molecule has 0 bridgehead atoms. The van der Waals surface area contributed by atoms with Crippen LogP contribution in [-0.2, 0) is 11.2 Å². The fourth-order valence-electron chi connectivity index (χ4n) is 2.49. The van der Waals surface area contributed by atoms with Gasteiger partial charge < -0.3 is 4.74 Å². The number of nitrogens with two attached hydrogens (primary N) is 1. The zero-order chi connectivity index (χ0) is 12.3. The summed E-state index contributed by atoms with van der Waals surface area (Å²) in [5.74, 6) is 5.69. The van der Waals surface area contributed by atoms with Gasteiger partial charge in [-0.05, 0) is 38.7 Å². The molecule has 3 nitrogen and oxygen atoms in total. The molecular formula is C14H22N2O. The maximum absolute atomic E-state index is 5.85. The molecule has 0 aromatic heterocycles. The molecule has 2 unspecified atom stereocenters. The summed E-state index contributed by atoms with van der Waals surface area (Å²) < 4.78 is 5.85. The number of hydrogen-bond acceptors (Lipinski definition) is 3. The van der Waals surface area contributed by atoms with Crippen molar-refractivity contribution in [1.29, 1.82) is 0 Å². The Kier molecular flexibility index (Phi) is 3.82. The second kappa shape index (κ2) is 5.17. The van der Waals surface area contributed by atoms with Crippen LogP contribution in [0.4, 0.5) is 0 Å². The highest BCUT2D eigenvalue weighted by Crippen LogP contribution is 2.30. The van der Waals surface area contributed by atoms with Crippen molar-refractivity contribution in [2.45, 2.75) is 44.8 Å². The van der Waals surface area contributed by atoms with Crippen molar-refractivity contribution in [2.75, 3.05) is 6.61 Å². The Morgan fingerprint density at radius 2 is 2.12 bits per heavy atom. The van der Waals surface area contributed by atoms with E-state index in [2.05, 4.69) is 43.5 Å². The SMILES string of the molecule is Cc1ccc(CC(NN)C2(C)CCCO2)cc1. The largest absolute Gasteiger partial charge is 0.374 e. The van der Waals surface area contributed by atoms with Gasteiger partial charge in [0.2, 0.25) is 0 Å². The topological polar surface area (TPSA) is 47.3 Å². The number of hydrogen-bond donors (Lipinski definition) is 2. The number of rotatable bonds is 4. The lowest BCUT2D eigenvalue weighted by Gasteiger charge is -2.33. The van der Waals surface area contributed by atoms with E-state index in [0.717, 1.165) is 25.9 Å². The van der Waals surface area contributed by atoms with Crippen LogP contribution in [0.3, 0.4) is 0 Å². The van der Waals surface area contributed by atoms with Crippen LogP contribution in [0.2, 0.25) is 0 Å². The number of benzene rings is 1. The highest BCUT2D eigenvalue weighted by molar-refractivity contribution is 5.22. The normalized spacial score (nSPS) is 26.1. The molecule has 2 atom stereocenters. The van der Waals surface area contributed by atoms with Crippen LogP contribution in [0.15, 0.2) is 24.3 Å². The number of aryl methyl sites for hydroxylation is 1. The summed E-state index contributed by atoms with van der Waals surface area (Å²) in [5, 5.41) is 0. The highest BCUT2D eigenvalue weighted by Gasteiger charge is 2.37. The van der Waals surface area contributed by atoms with Gasteiger partial charge in [-0.15, -0.1) is 0 Å². The molecule has 0 saturated carbocycles. The van der Waals surface area contributed by atoms with Gasteiger partial charge >= 0.3 is 0 Å². The smallest absolute Gasteiger partial charge is 0.0824 e. The molecule has 1 aromatic rings. The molecule has 17 heavy (non-hydrogen) atoms. The van der Waals surface area contributed by atoms with E-state index < -0.39 is 0 Å². The maximum Gasteiger partial charge on any atom is 0.0824 e. The van der Waals surface area contributed by atoms with Crippen molar-refractivity contribution in [1.82, 2.24) is 5.43 Å². The molecule has 0 spiro atoms. The minimum Gasteiger partial charge on any atom is -0.374 e. The van der Waals surface area contributed by atoms with E-state index in [1.54, 1.807) is 0 Å². The molecule has 0 amide bonds. The minimum atomic E-state index is -0.125. The predicted octanol–water partition coefficient (Wildman–Crippen LogP) is 1.94. The van der Waals surface area contributed by atoms with E-state index in [4.69, 9.17) is 10.6 Å². The second-order valence-corrected chi connectivity index (χ2v) is 5.17. The number of ether oxygens (including phenoxy) is 1. The zero-order valence-electron chi connectivity index (χ0n) is 10.7. The van der Waals surface area contributed by atoms with Gasteiger partial charge in [-0.1, -0.05) is 29.8 Å². The van der Waals surface area contributed by atoms with Gasteiger partial charge in [0.05, 0.1) is 11.6 Å². The minimum absolute atomic E-state index is 0.125. The maximum atomic E-state index is 5.85. The summed E-state index contributed by atoms with van der Waals surface area (Å²) >= 11 is 0. The average Bonchev–Trinajstić information content (AvgIpc) is 2.76. The van der Waals surface area contributed by atoms with Gasteiger partial charge in [-0.25, -0.2) is 0 Å². The molecule has 1 aliphatic heterocycles. The standard InChI is InChI=1S/C14H22N2O/c1-11-4-6-12(7-5-11)10-13(16-15)14(2)8-3-9-17-14/h4-7,13,16H,3,8-10,15H2,1-2H3. The molecule has 1 aromatic carbocycles. The van der Waals surface area contributed by atoms with Crippen molar-refractivity contribution in [3.8, 4) is 0 Å². The molecule has 1 aliphatic rings. The van der Waals surface area contributed by atoms with Crippen LogP contribution in [0.25, 0.3) is 0 Å². The Morgan fingerprint density at radius 1 is 1.41 bits per heavy atom. The summed E-state index contributed by atoms with van der Waals surface area (Å²) in [6.07, 6.45) is 3.11. The molecule has 1 heterocycles. The Balaban J connectivity index is 2.06. The molecule has 1 saturated heterocycles. The van der Waals surface area contributed by atoms with Crippen molar-refractivity contribution in [2.24, 2.45) is 5.84 Å². The Labute approximate surface area is 103 Å². The summed E-state index contributed by atoms with van der Waals surface area (Å²) in [7, 11) is 0. The summed E-state index contributed by atoms with van der Waals surface area (Å²) in [6.45, 7) is 5.10. The zero-order valence-corrected chi connectivity index (χ0v) is 10.7. The molecule has 0 radical (unpaired) electrons. The van der Waals surface area contributed by atoms with Crippen molar-refractivity contribution >= 4 is 0 Å².